The highest BCUT2D eigenvalue weighted by atomic mass is 32.2. The molecule has 94 valence electrons. The lowest BCUT2D eigenvalue weighted by Crippen LogP contribution is -2.53. The molecule has 0 aromatic carbocycles. The first-order valence-electron chi connectivity index (χ1n) is 6.39. The second-order valence-corrected chi connectivity index (χ2v) is 8.67. The van der Waals surface area contributed by atoms with Gasteiger partial charge in [-0.2, -0.15) is 0 Å². The van der Waals surface area contributed by atoms with Crippen molar-refractivity contribution in [2.75, 3.05) is 0 Å². The molecular formula is C14H20O2S. The molecule has 0 spiro atoms. The van der Waals surface area contributed by atoms with Crippen molar-refractivity contribution in [2.24, 2.45) is 0 Å². The topological polar surface area (TPSA) is 18.5 Å². The van der Waals surface area contributed by atoms with Crippen molar-refractivity contribution in [1.82, 2.24) is 0 Å². The largest absolute Gasteiger partial charge is 0.366 e. The molecule has 4 heterocycles. The Bertz CT molecular complexity index is 443. The van der Waals surface area contributed by atoms with E-state index >= 15 is 0 Å². The summed E-state index contributed by atoms with van der Waals surface area (Å²) in [5.74, 6) is 0. The lowest BCUT2D eigenvalue weighted by atomic mass is 9.63. The van der Waals surface area contributed by atoms with Gasteiger partial charge < -0.3 is 9.47 Å². The highest BCUT2D eigenvalue weighted by Crippen LogP contribution is 2.91. The molecule has 0 aromatic heterocycles. The van der Waals surface area contributed by atoms with Crippen molar-refractivity contribution in [1.29, 1.82) is 0 Å². The zero-order valence-corrected chi connectivity index (χ0v) is 12.2. The first-order chi connectivity index (χ1) is 7.58. The second-order valence-electron chi connectivity index (χ2n) is 7.24. The first kappa shape index (κ1) is 10.9. The van der Waals surface area contributed by atoms with Gasteiger partial charge in [0.15, 0.2) is 0 Å². The fourth-order valence-electron chi connectivity index (χ4n) is 5.38. The predicted octanol–water partition coefficient (Wildman–Crippen LogP) is 2.92. The summed E-state index contributed by atoms with van der Waals surface area (Å²) in [6, 6.07) is 0. The van der Waals surface area contributed by atoms with Crippen LogP contribution in [0.3, 0.4) is 0 Å². The Hall–Kier alpha value is 0.01000. The van der Waals surface area contributed by atoms with Crippen LogP contribution in [0.15, 0.2) is 12.2 Å². The lowest BCUT2D eigenvalue weighted by Gasteiger charge is -2.42. The number of fused-ring (bicyclic) bond motifs is 2. The molecule has 0 amide bonds. The van der Waals surface area contributed by atoms with Crippen molar-refractivity contribution >= 4 is 11.8 Å². The fraction of sp³-hybridized carbons (Fsp3) is 0.857. The molecule has 4 unspecified atom stereocenters. The summed E-state index contributed by atoms with van der Waals surface area (Å²) in [5.41, 5.74) is -0.635. The van der Waals surface area contributed by atoms with Crippen LogP contribution in [-0.4, -0.2) is 31.9 Å². The van der Waals surface area contributed by atoms with Crippen LogP contribution in [0, 0.1) is 0 Å². The minimum atomic E-state index is -0.177. The number of rotatable bonds is 0. The van der Waals surface area contributed by atoms with E-state index in [4.69, 9.17) is 9.47 Å². The zero-order chi connectivity index (χ0) is 12.5. The van der Waals surface area contributed by atoms with E-state index in [1.54, 1.807) is 0 Å². The van der Waals surface area contributed by atoms with Crippen molar-refractivity contribution in [3.8, 4) is 0 Å². The maximum absolute atomic E-state index is 6.42. The average molecular weight is 252 g/mol. The lowest BCUT2D eigenvalue weighted by molar-refractivity contribution is -0.141. The molecule has 2 nitrogen and oxygen atoms in total. The van der Waals surface area contributed by atoms with E-state index in [1.807, 2.05) is 0 Å². The van der Waals surface area contributed by atoms with Gasteiger partial charge in [0.1, 0.15) is 11.2 Å². The SMILES string of the molecule is CC1(C)OC(C)(C)C23SC12C1(C)C=CC3(C)O1. The Morgan fingerprint density at radius 2 is 1.12 bits per heavy atom. The summed E-state index contributed by atoms with van der Waals surface area (Å²) in [4.78, 5) is 0. The summed E-state index contributed by atoms with van der Waals surface area (Å²) < 4.78 is 13.0. The Morgan fingerprint density at radius 1 is 0.706 bits per heavy atom. The Kier molecular flexibility index (Phi) is 1.37. The second kappa shape index (κ2) is 2.14. The van der Waals surface area contributed by atoms with E-state index in [0.29, 0.717) is 0 Å². The minimum Gasteiger partial charge on any atom is -0.366 e. The molecule has 4 atom stereocenters. The number of hydrogen-bond donors (Lipinski definition) is 0. The summed E-state index contributed by atoms with van der Waals surface area (Å²) in [5, 5.41) is 0. The van der Waals surface area contributed by atoms with Crippen LogP contribution in [0.25, 0.3) is 0 Å². The molecule has 4 rings (SSSR count). The van der Waals surface area contributed by atoms with Gasteiger partial charge in [-0.25, -0.2) is 0 Å². The van der Waals surface area contributed by atoms with E-state index in [2.05, 4.69) is 65.5 Å². The average Bonchev–Trinajstić information content (AvgIpc) is 2.72. The van der Waals surface area contributed by atoms with Gasteiger partial charge in [-0.1, -0.05) is 12.2 Å². The van der Waals surface area contributed by atoms with Gasteiger partial charge >= 0.3 is 0 Å². The summed E-state index contributed by atoms with van der Waals surface area (Å²) in [6.45, 7) is 13.4. The molecule has 4 aliphatic rings. The normalized spacial score (nSPS) is 63.6. The Labute approximate surface area is 107 Å². The molecular weight excluding hydrogens is 232 g/mol. The van der Waals surface area contributed by atoms with Gasteiger partial charge in [-0.05, 0) is 41.5 Å². The van der Waals surface area contributed by atoms with Crippen LogP contribution in [-0.2, 0) is 9.47 Å². The van der Waals surface area contributed by atoms with Gasteiger partial charge in [0.25, 0.3) is 0 Å². The molecule has 3 heteroatoms. The molecule has 3 saturated heterocycles. The third-order valence-electron chi connectivity index (χ3n) is 5.51. The van der Waals surface area contributed by atoms with E-state index < -0.39 is 0 Å². The van der Waals surface area contributed by atoms with Gasteiger partial charge in [0.05, 0.1) is 20.7 Å². The van der Waals surface area contributed by atoms with E-state index in [0.717, 1.165) is 0 Å². The highest BCUT2D eigenvalue weighted by molar-refractivity contribution is 8.10. The Balaban J connectivity index is 2.06. The summed E-state index contributed by atoms with van der Waals surface area (Å²) in [7, 11) is 0. The van der Waals surface area contributed by atoms with Gasteiger partial charge in [0, 0.05) is 0 Å². The molecule has 2 bridgehead atoms. The highest BCUT2D eigenvalue weighted by Gasteiger charge is 3.00. The van der Waals surface area contributed by atoms with Crippen LogP contribution in [0.5, 0.6) is 0 Å². The van der Waals surface area contributed by atoms with E-state index in [-0.39, 0.29) is 31.9 Å². The molecule has 0 radical (unpaired) electrons. The van der Waals surface area contributed by atoms with Gasteiger partial charge in [-0.15, -0.1) is 11.8 Å². The maximum atomic E-state index is 6.42. The van der Waals surface area contributed by atoms with Crippen LogP contribution in [0.1, 0.15) is 41.5 Å². The van der Waals surface area contributed by atoms with Crippen LogP contribution in [0.4, 0.5) is 0 Å². The molecule has 3 fully saturated rings. The third kappa shape index (κ3) is 0.679. The third-order valence-corrected chi connectivity index (χ3v) is 8.32. The van der Waals surface area contributed by atoms with Crippen LogP contribution < -0.4 is 0 Å². The zero-order valence-electron chi connectivity index (χ0n) is 11.4. The van der Waals surface area contributed by atoms with E-state index in [9.17, 15) is 0 Å². The molecule has 0 aromatic rings. The molecule has 17 heavy (non-hydrogen) atoms. The van der Waals surface area contributed by atoms with Crippen molar-refractivity contribution in [3.63, 3.8) is 0 Å². The quantitative estimate of drug-likeness (QED) is 0.488. The van der Waals surface area contributed by atoms with Crippen molar-refractivity contribution in [2.45, 2.75) is 73.4 Å². The predicted molar refractivity (Wildman–Crippen MR) is 69.3 cm³/mol. The first-order valence-corrected chi connectivity index (χ1v) is 7.20. The van der Waals surface area contributed by atoms with Crippen molar-refractivity contribution in [3.05, 3.63) is 12.2 Å². The number of ether oxygens (including phenoxy) is 2. The summed E-state index contributed by atoms with van der Waals surface area (Å²) in [6.07, 6.45) is 4.52. The van der Waals surface area contributed by atoms with Gasteiger partial charge in [0.2, 0.25) is 0 Å². The standard InChI is InChI=1S/C14H20O2S/c1-9(2)13-11(5)7-8-12(6,16-11)14(13,17-13)10(3,4)15-9/h7-8H,1-6H3. The minimum absolute atomic E-state index is 0.0833. The van der Waals surface area contributed by atoms with Crippen LogP contribution in [0.2, 0.25) is 0 Å². The monoisotopic (exact) mass is 252 g/mol. The summed E-state index contributed by atoms with van der Waals surface area (Å²) >= 11 is 2.09. The molecule has 0 N–H and O–H groups in total. The smallest absolute Gasteiger partial charge is 0.104 e. The molecule has 4 aliphatic heterocycles. The fourth-order valence-corrected chi connectivity index (χ4v) is 7.89. The van der Waals surface area contributed by atoms with Crippen molar-refractivity contribution < 1.29 is 9.47 Å². The Morgan fingerprint density at radius 3 is 1.53 bits per heavy atom. The van der Waals surface area contributed by atoms with Gasteiger partial charge in [-0.3, -0.25) is 0 Å². The molecule has 0 aliphatic carbocycles. The molecule has 0 saturated carbocycles. The van der Waals surface area contributed by atoms with E-state index in [1.165, 1.54) is 0 Å². The number of hydrogen-bond acceptors (Lipinski definition) is 3. The van der Waals surface area contributed by atoms with Crippen LogP contribution >= 0.6 is 11.8 Å². The number of thioether (sulfide) groups is 1. The maximum Gasteiger partial charge on any atom is 0.104 e.